The number of allylic oxidation sites excluding steroid dienone is 1. The topological polar surface area (TPSA) is 0 Å². The molecular weight excluding hydrogens is 96.1 g/mol. The lowest BCUT2D eigenvalue weighted by Crippen LogP contribution is -1.75. The fraction of sp³-hybridized carbons (Fsp3) is 0.625. The molecule has 0 aromatic carbocycles. The average molecular weight is 111 g/mol. The number of unbranched alkanes of at least 4 members (excludes halogenated alkanes) is 2. The highest BCUT2D eigenvalue weighted by molar-refractivity contribution is 4.96. The van der Waals surface area contributed by atoms with Gasteiger partial charge in [-0.3, -0.25) is 0 Å². The molecule has 0 saturated carbocycles. The molecule has 0 aliphatic rings. The van der Waals surface area contributed by atoms with Crippen LogP contribution in [-0.2, 0) is 0 Å². The molecule has 0 fully saturated rings. The van der Waals surface area contributed by atoms with Crippen molar-refractivity contribution in [2.75, 3.05) is 0 Å². The molecule has 0 aromatic heterocycles. The lowest BCUT2D eigenvalue weighted by Gasteiger charge is -1.90. The first kappa shape index (κ1) is 7.61. The second kappa shape index (κ2) is 4.76. The number of hydrogen-bond acceptors (Lipinski definition) is 0. The fourth-order valence-corrected chi connectivity index (χ4v) is 0.625. The Bertz CT molecular complexity index is 62.4. The molecule has 0 aliphatic heterocycles. The summed E-state index contributed by atoms with van der Waals surface area (Å²) in [6.45, 7) is 9.63. The van der Waals surface area contributed by atoms with Gasteiger partial charge in [0.05, 0.1) is 5.57 Å². The smallest absolute Gasteiger partial charge is 0.0654 e. The van der Waals surface area contributed by atoms with E-state index in [9.17, 15) is 0 Å². The van der Waals surface area contributed by atoms with Gasteiger partial charge in [-0.05, 0) is 6.42 Å². The molecule has 0 atom stereocenters. The second-order valence-electron chi connectivity index (χ2n) is 2.21. The molecule has 0 unspecified atom stereocenters. The van der Waals surface area contributed by atoms with Crippen molar-refractivity contribution in [3.05, 3.63) is 19.1 Å². The molecule has 8 heavy (non-hydrogen) atoms. The molecule has 0 aromatic rings. The minimum atomic E-state index is 1.07. The Labute approximate surface area is 52.6 Å². The Balaban J connectivity index is 2.82. The highest BCUT2D eigenvalue weighted by Crippen LogP contribution is 2.04. The normalized spacial score (nSPS) is 9.12. The van der Waals surface area contributed by atoms with Crippen LogP contribution in [0.5, 0.6) is 0 Å². The van der Waals surface area contributed by atoms with E-state index < -0.39 is 0 Å². The van der Waals surface area contributed by atoms with Crippen molar-refractivity contribution in [2.24, 2.45) is 0 Å². The molecule has 0 bridgehead atoms. The van der Waals surface area contributed by atoms with Gasteiger partial charge in [0.1, 0.15) is 0 Å². The highest BCUT2D eigenvalue weighted by atomic mass is 13.9. The van der Waals surface area contributed by atoms with Crippen LogP contribution in [0.25, 0.3) is 0 Å². The van der Waals surface area contributed by atoms with E-state index in [0.29, 0.717) is 0 Å². The van der Waals surface area contributed by atoms with Crippen LogP contribution in [0, 0.1) is 6.92 Å². The van der Waals surface area contributed by atoms with Gasteiger partial charge in [0.25, 0.3) is 0 Å². The summed E-state index contributed by atoms with van der Waals surface area (Å²) < 4.78 is 0. The van der Waals surface area contributed by atoms with Gasteiger partial charge < -0.3 is 0 Å². The molecule has 46 valence electrons. The van der Waals surface area contributed by atoms with Crippen molar-refractivity contribution in [3.8, 4) is 0 Å². The molecular formula is C8H15+. The molecule has 0 radical (unpaired) electrons. The summed E-state index contributed by atoms with van der Waals surface area (Å²) in [6, 6.07) is 0. The SMILES string of the molecule is C=C([CH2+])CCCCC. The van der Waals surface area contributed by atoms with E-state index in [0.717, 1.165) is 12.0 Å². The van der Waals surface area contributed by atoms with Gasteiger partial charge in [0, 0.05) is 19.9 Å². The van der Waals surface area contributed by atoms with Crippen molar-refractivity contribution in [1.29, 1.82) is 0 Å². The van der Waals surface area contributed by atoms with Crippen molar-refractivity contribution in [1.82, 2.24) is 0 Å². The van der Waals surface area contributed by atoms with Gasteiger partial charge in [-0.25, -0.2) is 0 Å². The predicted molar refractivity (Wildman–Crippen MR) is 38.6 cm³/mol. The maximum absolute atomic E-state index is 3.72. The van der Waals surface area contributed by atoms with Gasteiger partial charge in [-0.1, -0.05) is 19.8 Å². The molecule has 0 rings (SSSR count). The maximum atomic E-state index is 3.72. The summed E-state index contributed by atoms with van der Waals surface area (Å²) in [5.41, 5.74) is 1.07. The third-order valence-electron chi connectivity index (χ3n) is 1.13. The van der Waals surface area contributed by atoms with E-state index in [2.05, 4.69) is 20.4 Å². The van der Waals surface area contributed by atoms with Crippen LogP contribution in [0.3, 0.4) is 0 Å². The summed E-state index contributed by atoms with van der Waals surface area (Å²) in [6.07, 6.45) is 4.97. The Kier molecular flexibility index (Phi) is 4.53. The molecule has 0 amide bonds. The molecule has 0 nitrogen and oxygen atoms in total. The van der Waals surface area contributed by atoms with Crippen LogP contribution in [-0.4, -0.2) is 0 Å². The summed E-state index contributed by atoms with van der Waals surface area (Å²) in [5.74, 6) is 0. The largest absolute Gasteiger partial charge is 0.0964 e. The Morgan fingerprint density at radius 1 is 1.50 bits per heavy atom. The van der Waals surface area contributed by atoms with E-state index in [4.69, 9.17) is 0 Å². The number of hydrogen-bond donors (Lipinski definition) is 0. The number of rotatable bonds is 4. The zero-order chi connectivity index (χ0) is 6.41. The van der Waals surface area contributed by atoms with Crippen LogP contribution in [0.15, 0.2) is 12.2 Å². The van der Waals surface area contributed by atoms with Crippen LogP contribution in [0.2, 0.25) is 0 Å². The van der Waals surface area contributed by atoms with Gasteiger partial charge in [-0.15, -0.1) is 0 Å². The van der Waals surface area contributed by atoms with E-state index in [-0.39, 0.29) is 0 Å². The standard InChI is InChI=1S/C8H15/c1-4-5-6-7-8(2)3/h2-7H2,1H3/q+1. The first-order valence-electron chi connectivity index (χ1n) is 3.27. The summed E-state index contributed by atoms with van der Waals surface area (Å²) in [7, 11) is 0. The van der Waals surface area contributed by atoms with Gasteiger partial charge in [0.2, 0.25) is 0 Å². The van der Waals surface area contributed by atoms with Crippen molar-refractivity contribution >= 4 is 0 Å². The van der Waals surface area contributed by atoms with Crippen LogP contribution in [0.1, 0.15) is 32.6 Å². The zero-order valence-corrected chi connectivity index (χ0v) is 5.74. The van der Waals surface area contributed by atoms with Crippen molar-refractivity contribution in [2.45, 2.75) is 32.6 Å². The Hall–Kier alpha value is -0.390. The monoisotopic (exact) mass is 111 g/mol. The molecule has 0 N–H and O–H groups in total. The summed E-state index contributed by atoms with van der Waals surface area (Å²) >= 11 is 0. The molecule has 0 spiro atoms. The Morgan fingerprint density at radius 2 is 2.12 bits per heavy atom. The molecule has 0 saturated heterocycles. The average Bonchev–Trinajstić information content (AvgIpc) is 1.66. The highest BCUT2D eigenvalue weighted by Gasteiger charge is 1.90. The predicted octanol–water partition coefficient (Wildman–Crippen LogP) is 2.96. The summed E-state index contributed by atoms with van der Waals surface area (Å²) in [4.78, 5) is 0. The van der Waals surface area contributed by atoms with Crippen molar-refractivity contribution in [3.63, 3.8) is 0 Å². The van der Waals surface area contributed by atoms with Crippen LogP contribution < -0.4 is 0 Å². The van der Waals surface area contributed by atoms with Gasteiger partial charge >= 0.3 is 0 Å². The van der Waals surface area contributed by atoms with E-state index in [1.807, 2.05) is 0 Å². The maximum Gasteiger partial charge on any atom is 0.0964 e. The molecule has 0 heterocycles. The van der Waals surface area contributed by atoms with Gasteiger partial charge in [0.15, 0.2) is 0 Å². The van der Waals surface area contributed by atoms with Gasteiger partial charge in [-0.2, -0.15) is 0 Å². The lowest BCUT2D eigenvalue weighted by molar-refractivity contribution is 0.720. The molecule has 0 aliphatic carbocycles. The Morgan fingerprint density at radius 3 is 2.50 bits per heavy atom. The van der Waals surface area contributed by atoms with Crippen molar-refractivity contribution < 1.29 is 0 Å². The quantitative estimate of drug-likeness (QED) is 0.386. The first-order chi connectivity index (χ1) is 3.77. The minimum absolute atomic E-state index is 1.07. The third-order valence-corrected chi connectivity index (χ3v) is 1.13. The van der Waals surface area contributed by atoms with E-state index >= 15 is 0 Å². The minimum Gasteiger partial charge on any atom is -0.0654 e. The van der Waals surface area contributed by atoms with Crippen LogP contribution in [0.4, 0.5) is 0 Å². The fourth-order valence-electron chi connectivity index (χ4n) is 0.625. The lowest BCUT2D eigenvalue weighted by atomic mass is 10.1. The second-order valence-corrected chi connectivity index (χ2v) is 2.21. The first-order valence-corrected chi connectivity index (χ1v) is 3.27. The zero-order valence-electron chi connectivity index (χ0n) is 5.74. The van der Waals surface area contributed by atoms with E-state index in [1.54, 1.807) is 0 Å². The van der Waals surface area contributed by atoms with Crippen LogP contribution >= 0.6 is 0 Å². The summed E-state index contributed by atoms with van der Waals surface area (Å²) in [5, 5.41) is 0. The van der Waals surface area contributed by atoms with E-state index in [1.165, 1.54) is 19.3 Å². The molecule has 0 heteroatoms. The third kappa shape index (κ3) is 5.61.